The number of hydrogen-bond acceptors (Lipinski definition) is 6. The number of benzene rings is 1. The van der Waals surface area contributed by atoms with Gasteiger partial charge in [-0.25, -0.2) is 8.42 Å². The van der Waals surface area contributed by atoms with Crippen LogP contribution in [0.5, 0.6) is 0 Å². The van der Waals surface area contributed by atoms with E-state index in [-0.39, 0.29) is 6.54 Å². The van der Waals surface area contributed by atoms with Crippen molar-refractivity contribution >= 4 is 49.6 Å². The third-order valence-corrected chi connectivity index (χ3v) is 7.30. The summed E-state index contributed by atoms with van der Waals surface area (Å²) in [5.74, 6) is 0. The number of nitrogens with zero attached hydrogens (tertiary/aromatic N) is 3. The van der Waals surface area contributed by atoms with E-state index in [1.165, 1.54) is 28.9 Å². The SMILES string of the molecule is CN(CCNc1c(C#N)cnc2ccc(Cl)cc12)S(=O)(=O)c1cccs1. The molecule has 0 radical (unpaired) electrons. The number of nitrogens with one attached hydrogen (secondary N) is 1. The fourth-order valence-electron chi connectivity index (χ4n) is 2.46. The number of nitriles is 1. The highest BCUT2D eigenvalue weighted by Gasteiger charge is 2.21. The fourth-order valence-corrected chi connectivity index (χ4v) is 5.01. The van der Waals surface area contributed by atoms with E-state index in [9.17, 15) is 13.7 Å². The summed E-state index contributed by atoms with van der Waals surface area (Å²) in [4.78, 5) is 4.24. The zero-order chi connectivity index (χ0) is 18.7. The van der Waals surface area contributed by atoms with Crippen LogP contribution >= 0.6 is 22.9 Å². The van der Waals surface area contributed by atoms with E-state index < -0.39 is 10.0 Å². The monoisotopic (exact) mass is 406 g/mol. The van der Waals surface area contributed by atoms with E-state index >= 15 is 0 Å². The minimum atomic E-state index is -3.50. The molecular weight excluding hydrogens is 392 g/mol. The Kier molecular flexibility index (Phi) is 5.44. The molecule has 0 amide bonds. The van der Waals surface area contributed by atoms with Crippen LogP contribution in [0.3, 0.4) is 0 Å². The Balaban J connectivity index is 1.80. The Labute approximate surface area is 160 Å². The van der Waals surface area contributed by atoms with Crippen LogP contribution in [0.25, 0.3) is 10.9 Å². The standard InChI is InChI=1S/C17H15ClN4O2S2/c1-22(26(23,24)16-3-2-8-25-16)7-6-20-17-12(10-19)11-21-15-5-4-13(18)9-14(15)17/h2-5,8-9,11H,6-7H2,1H3,(H,20,21). The van der Waals surface area contributed by atoms with Crippen LogP contribution in [-0.4, -0.2) is 37.8 Å². The smallest absolute Gasteiger partial charge is 0.252 e. The van der Waals surface area contributed by atoms with Gasteiger partial charge in [-0.2, -0.15) is 9.57 Å². The number of thiophene rings is 1. The summed E-state index contributed by atoms with van der Waals surface area (Å²) < 4.78 is 26.5. The quantitative estimate of drug-likeness (QED) is 0.676. The molecular formula is C17H15ClN4O2S2. The molecule has 3 rings (SSSR count). The van der Waals surface area contributed by atoms with Crippen molar-refractivity contribution in [1.29, 1.82) is 5.26 Å². The summed E-state index contributed by atoms with van der Waals surface area (Å²) in [6.07, 6.45) is 1.49. The minimum absolute atomic E-state index is 0.246. The molecule has 1 N–H and O–H groups in total. The maximum absolute atomic E-state index is 12.4. The first-order chi connectivity index (χ1) is 12.4. The maximum Gasteiger partial charge on any atom is 0.252 e. The summed E-state index contributed by atoms with van der Waals surface area (Å²) in [5, 5.41) is 15.5. The van der Waals surface area contributed by atoms with Gasteiger partial charge in [0.15, 0.2) is 0 Å². The van der Waals surface area contributed by atoms with Crippen LogP contribution in [0.2, 0.25) is 5.02 Å². The van der Waals surface area contributed by atoms with Gasteiger partial charge < -0.3 is 5.32 Å². The molecule has 134 valence electrons. The number of fused-ring (bicyclic) bond motifs is 1. The number of anilines is 1. The van der Waals surface area contributed by atoms with Crippen LogP contribution in [0.15, 0.2) is 46.1 Å². The number of aromatic nitrogens is 1. The van der Waals surface area contributed by atoms with Gasteiger partial charge in [0.25, 0.3) is 10.0 Å². The van der Waals surface area contributed by atoms with Crippen molar-refractivity contribution in [2.24, 2.45) is 0 Å². The van der Waals surface area contributed by atoms with Crippen molar-refractivity contribution in [2.45, 2.75) is 4.21 Å². The van der Waals surface area contributed by atoms with Crippen molar-refractivity contribution < 1.29 is 8.42 Å². The molecule has 1 aromatic carbocycles. The van der Waals surface area contributed by atoms with Gasteiger partial charge >= 0.3 is 0 Å². The predicted molar refractivity (Wildman–Crippen MR) is 104 cm³/mol. The van der Waals surface area contributed by atoms with Gasteiger partial charge in [-0.15, -0.1) is 11.3 Å². The number of likely N-dealkylation sites (N-methyl/N-ethyl adjacent to an activating group) is 1. The lowest BCUT2D eigenvalue weighted by atomic mass is 10.1. The Morgan fingerprint density at radius 2 is 2.19 bits per heavy atom. The first kappa shape index (κ1) is 18.6. The highest BCUT2D eigenvalue weighted by atomic mass is 35.5. The number of pyridine rings is 1. The van der Waals surface area contributed by atoms with E-state index in [0.717, 1.165) is 5.39 Å². The second-order valence-corrected chi connectivity index (χ2v) is 9.16. The van der Waals surface area contributed by atoms with Gasteiger partial charge in [-0.3, -0.25) is 4.98 Å². The second kappa shape index (κ2) is 7.60. The highest BCUT2D eigenvalue weighted by Crippen LogP contribution is 2.28. The fraction of sp³-hybridized carbons (Fsp3) is 0.176. The third-order valence-electron chi connectivity index (χ3n) is 3.84. The Morgan fingerprint density at radius 1 is 1.38 bits per heavy atom. The molecule has 0 aliphatic heterocycles. The lowest BCUT2D eigenvalue weighted by Gasteiger charge is -2.17. The summed E-state index contributed by atoms with van der Waals surface area (Å²) >= 11 is 7.24. The predicted octanol–water partition coefficient (Wildman–Crippen LogP) is 3.55. The van der Waals surface area contributed by atoms with Crippen molar-refractivity contribution in [1.82, 2.24) is 9.29 Å². The molecule has 0 atom stereocenters. The normalized spacial score (nSPS) is 11.6. The molecule has 0 saturated heterocycles. The average molecular weight is 407 g/mol. The summed E-state index contributed by atoms with van der Waals surface area (Å²) in [5.41, 5.74) is 1.68. The van der Waals surface area contributed by atoms with Crippen LogP contribution in [0.4, 0.5) is 5.69 Å². The van der Waals surface area contributed by atoms with E-state index in [2.05, 4.69) is 16.4 Å². The van der Waals surface area contributed by atoms with E-state index in [1.54, 1.807) is 35.7 Å². The summed E-state index contributed by atoms with van der Waals surface area (Å²) in [6, 6.07) is 10.6. The molecule has 6 nitrogen and oxygen atoms in total. The topological polar surface area (TPSA) is 86.1 Å². The molecule has 0 fully saturated rings. The van der Waals surface area contributed by atoms with Gasteiger partial charge in [0.1, 0.15) is 10.3 Å². The maximum atomic E-state index is 12.4. The number of rotatable bonds is 6. The lowest BCUT2D eigenvalue weighted by molar-refractivity contribution is 0.482. The van der Waals surface area contributed by atoms with E-state index in [4.69, 9.17) is 11.6 Å². The molecule has 0 aliphatic carbocycles. The molecule has 3 aromatic rings. The molecule has 0 spiro atoms. The zero-order valence-electron chi connectivity index (χ0n) is 13.8. The highest BCUT2D eigenvalue weighted by molar-refractivity contribution is 7.91. The third kappa shape index (κ3) is 3.66. The Bertz CT molecular complexity index is 1080. The van der Waals surface area contributed by atoms with Gasteiger partial charge in [0.05, 0.1) is 16.8 Å². The van der Waals surface area contributed by atoms with Crippen molar-refractivity contribution in [3.05, 3.63) is 52.5 Å². The Hall–Kier alpha value is -2.18. The van der Waals surface area contributed by atoms with E-state index in [0.29, 0.717) is 32.5 Å². The molecule has 0 saturated carbocycles. The molecule has 9 heteroatoms. The van der Waals surface area contributed by atoms with Crippen LogP contribution in [0, 0.1) is 11.3 Å². The molecule has 2 heterocycles. The minimum Gasteiger partial charge on any atom is -0.382 e. The molecule has 0 unspecified atom stereocenters. The largest absolute Gasteiger partial charge is 0.382 e. The van der Waals surface area contributed by atoms with Crippen molar-refractivity contribution in [2.75, 3.05) is 25.5 Å². The van der Waals surface area contributed by atoms with Crippen molar-refractivity contribution in [3.8, 4) is 6.07 Å². The number of halogens is 1. The van der Waals surface area contributed by atoms with Gasteiger partial charge in [0.2, 0.25) is 0 Å². The molecule has 2 aromatic heterocycles. The van der Waals surface area contributed by atoms with Crippen LogP contribution in [0.1, 0.15) is 5.56 Å². The van der Waals surface area contributed by atoms with Crippen LogP contribution in [-0.2, 0) is 10.0 Å². The second-order valence-electron chi connectivity index (χ2n) is 5.51. The average Bonchev–Trinajstić information content (AvgIpc) is 3.17. The van der Waals surface area contributed by atoms with Gasteiger partial charge in [-0.1, -0.05) is 17.7 Å². The zero-order valence-corrected chi connectivity index (χ0v) is 16.2. The lowest BCUT2D eigenvalue weighted by Crippen LogP contribution is -2.31. The molecule has 0 aliphatic rings. The summed E-state index contributed by atoms with van der Waals surface area (Å²) in [6.45, 7) is 0.580. The van der Waals surface area contributed by atoms with E-state index in [1.807, 2.05) is 0 Å². The first-order valence-corrected chi connectivity index (χ1v) is 10.4. The van der Waals surface area contributed by atoms with Crippen LogP contribution < -0.4 is 5.32 Å². The number of hydrogen-bond donors (Lipinski definition) is 1. The van der Waals surface area contributed by atoms with Gasteiger partial charge in [0, 0.05) is 36.7 Å². The molecule has 26 heavy (non-hydrogen) atoms. The van der Waals surface area contributed by atoms with Gasteiger partial charge in [-0.05, 0) is 29.6 Å². The number of sulfonamides is 1. The Morgan fingerprint density at radius 3 is 2.88 bits per heavy atom. The first-order valence-electron chi connectivity index (χ1n) is 7.65. The summed E-state index contributed by atoms with van der Waals surface area (Å²) in [7, 11) is -1.97. The molecule has 0 bridgehead atoms. The van der Waals surface area contributed by atoms with Crippen molar-refractivity contribution in [3.63, 3.8) is 0 Å².